The molecule has 0 amide bonds. The van der Waals surface area contributed by atoms with Gasteiger partial charge in [-0.05, 0) is 25.0 Å². The van der Waals surface area contributed by atoms with E-state index in [-0.39, 0.29) is 16.9 Å². The number of halogens is 1. The summed E-state index contributed by atoms with van der Waals surface area (Å²) in [6.07, 6.45) is 7.07. The van der Waals surface area contributed by atoms with Gasteiger partial charge in [-0.2, -0.15) is 0 Å². The largest absolute Gasteiger partial charge is 0.478 e. The lowest BCUT2D eigenvalue weighted by Crippen LogP contribution is -2.09. The van der Waals surface area contributed by atoms with Crippen molar-refractivity contribution in [2.24, 2.45) is 0 Å². The summed E-state index contributed by atoms with van der Waals surface area (Å²) in [6, 6.07) is 2.25. The number of nitrogens with one attached hydrogen (secondary N) is 1. The number of nitrogens with two attached hydrogens (primary N) is 1. The van der Waals surface area contributed by atoms with Crippen LogP contribution in [0.15, 0.2) is 30.9 Å². The molecule has 1 aromatic carbocycles. The predicted molar refractivity (Wildman–Crippen MR) is 77.7 cm³/mol. The van der Waals surface area contributed by atoms with Crippen molar-refractivity contribution in [3.63, 3.8) is 0 Å². The van der Waals surface area contributed by atoms with Gasteiger partial charge < -0.3 is 20.7 Å². The molecule has 6 nitrogen and oxygen atoms in total. The highest BCUT2D eigenvalue weighted by Crippen LogP contribution is 2.22. The highest BCUT2D eigenvalue weighted by Gasteiger charge is 2.12. The normalized spacial score (nSPS) is 10.5. The van der Waals surface area contributed by atoms with Crippen molar-refractivity contribution in [1.82, 2.24) is 9.55 Å². The molecule has 2 aromatic rings. The lowest BCUT2D eigenvalue weighted by Gasteiger charge is -2.10. The number of carboxylic acids is 1. The van der Waals surface area contributed by atoms with Gasteiger partial charge in [-0.3, -0.25) is 0 Å². The smallest absolute Gasteiger partial charge is 0.337 e. The number of nitrogen functional groups attached to an aromatic ring is 1. The minimum Gasteiger partial charge on any atom is -0.478 e. The number of aromatic nitrogens is 2. The van der Waals surface area contributed by atoms with E-state index in [1.54, 1.807) is 12.5 Å². The van der Waals surface area contributed by atoms with Crippen LogP contribution in [-0.2, 0) is 6.54 Å². The second-order valence-electron chi connectivity index (χ2n) is 4.66. The van der Waals surface area contributed by atoms with Gasteiger partial charge in [-0.1, -0.05) is 0 Å². The van der Waals surface area contributed by atoms with E-state index in [1.165, 1.54) is 6.07 Å². The maximum absolute atomic E-state index is 13.7. The number of carboxylic acid groups (broad SMARTS) is 1. The minimum atomic E-state index is -1.17. The van der Waals surface area contributed by atoms with Crippen LogP contribution in [0, 0.1) is 5.82 Å². The van der Waals surface area contributed by atoms with Gasteiger partial charge >= 0.3 is 5.97 Å². The first-order valence-electron chi connectivity index (χ1n) is 6.60. The molecule has 1 aromatic heterocycles. The fourth-order valence-electron chi connectivity index (χ4n) is 1.97. The molecule has 0 aliphatic rings. The number of hydrogen-bond acceptors (Lipinski definition) is 4. The molecule has 1 heterocycles. The van der Waals surface area contributed by atoms with E-state index >= 15 is 0 Å². The van der Waals surface area contributed by atoms with Gasteiger partial charge in [0, 0.05) is 31.2 Å². The summed E-state index contributed by atoms with van der Waals surface area (Å²) in [6.45, 7) is 1.39. The SMILES string of the molecule is Nc1cc(F)c(NCCCCn2ccnc2)cc1C(=O)O. The molecule has 0 atom stereocenters. The van der Waals surface area contributed by atoms with Crippen molar-refractivity contribution in [1.29, 1.82) is 0 Å². The third-order valence-corrected chi connectivity index (χ3v) is 3.09. The maximum atomic E-state index is 13.7. The lowest BCUT2D eigenvalue weighted by atomic mass is 10.1. The number of unbranched alkanes of at least 4 members (excludes halogenated alkanes) is 1. The van der Waals surface area contributed by atoms with Gasteiger partial charge in [0.2, 0.25) is 0 Å². The summed E-state index contributed by atoms with van der Waals surface area (Å²) in [5.41, 5.74) is 5.44. The molecule has 0 bridgehead atoms. The van der Waals surface area contributed by atoms with Crippen LogP contribution in [0.5, 0.6) is 0 Å². The number of aromatic carboxylic acids is 1. The third-order valence-electron chi connectivity index (χ3n) is 3.09. The van der Waals surface area contributed by atoms with E-state index in [0.29, 0.717) is 6.54 Å². The fraction of sp³-hybridized carbons (Fsp3) is 0.286. The molecule has 112 valence electrons. The Morgan fingerprint density at radius 1 is 1.43 bits per heavy atom. The quantitative estimate of drug-likeness (QED) is 0.537. The van der Waals surface area contributed by atoms with Crippen LogP contribution in [0.2, 0.25) is 0 Å². The maximum Gasteiger partial charge on any atom is 0.337 e. The molecule has 0 spiro atoms. The summed E-state index contributed by atoms with van der Waals surface area (Å²) in [5.74, 6) is -1.72. The number of rotatable bonds is 7. The fourth-order valence-corrected chi connectivity index (χ4v) is 1.97. The van der Waals surface area contributed by atoms with Crippen LogP contribution in [0.4, 0.5) is 15.8 Å². The van der Waals surface area contributed by atoms with Gasteiger partial charge in [0.05, 0.1) is 17.6 Å². The van der Waals surface area contributed by atoms with Crippen molar-refractivity contribution >= 4 is 17.3 Å². The zero-order valence-electron chi connectivity index (χ0n) is 11.4. The van der Waals surface area contributed by atoms with Crippen molar-refractivity contribution in [3.05, 3.63) is 42.2 Å². The molecule has 0 unspecified atom stereocenters. The van der Waals surface area contributed by atoms with Crippen LogP contribution in [0.3, 0.4) is 0 Å². The summed E-state index contributed by atoms with van der Waals surface area (Å²) in [4.78, 5) is 14.9. The minimum absolute atomic E-state index is 0.0781. The Morgan fingerprint density at radius 2 is 2.24 bits per heavy atom. The molecule has 0 fully saturated rings. The van der Waals surface area contributed by atoms with Crippen LogP contribution >= 0.6 is 0 Å². The molecule has 0 aliphatic heterocycles. The van der Waals surface area contributed by atoms with E-state index in [0.717, 1.165) is 25.5 Å². The van der Waals surface area contributed by atoms with Crippen LogP contribution < -0.4 is 11.1 Å². The van der Waals surface area contributed by atoms with E-state index in [1.807, 2.05) is 10.8 Å². The molecule has 0 aliphatic carbocycles. The first-order valence-corrected chi connectivity index (χ1v) is 6.60. The first kappa shape index (κ1) is 14.8. The standard InChI is InChI=1S/C14H17FN4O2/c15-11-8-12(16)10(14(20)21)7-13(11)18-3-1-2-5-19-6-4-17-9-19/h4,6-9,18H,1-3,5,16H2,(H,20,21). The van der Waals surface area contributed by atoms with E-state index in [4.69, 9.17) is 10.8 Å². The Balaban J connectivity index is 1.85. The highest BCUT2D eigenvalue weighted by molar-refractivity contribution is 5.94. The molecule has 0 radical (unpaired) electrons. The van der Waals surface area contributed by atoms with Crippen molar-refractivity contribution < 1.29 is 14.3 Å². The van der Waals surface area contributed by atoms with Gasteiger partial charge in [-0.25, -0.2) is 14.2 Å². The lowest BCUT2D eigenvalue weighted by molar-refractivity contribution is 0.0698. The second kappa shape index (κ2) is 6.74. The number of hydrogen-bond donors (Lipinski definition) is 3. The average Bonchev–Trinajstić information content (AvgIpc) is 2.93. The zero-order valence-corrected chi connectivity index (χ0v) is 11.4. The summed E-state index contributed by atoms with van der Waals surface area (Å²) < 4.78 is 15.6. The van der Waals surface area contributed by atoms with Gasteiger partial charge in [-0.15, -0.1) is 0 Å². The van der Waals surface area contributed by atoms with Crippen molar-refractivity contribution in [2.75, 3.05) is 17.6 Å². The summed E-state index contributed by atoms with van der Waals surface area (Å²) >= 11 is 0. The van der Waals surface area contributed by atoms with Crippen molar-refractivity contribution in [3.8, 4) is 0 Å². The molecule has 0 saturated heterocycles. The number of aryl methyl sites for hydroxylation is 1. The molecule has 21 heavy (non-hydrogen) atoms. The average molecular weight is 292 g/mol. The number of anilines is 2. The Morgan fingerprint density at radius 3 is 2.90 bits per heavy atom. The highest BCUT2D eigenvalue weighted by atomic mass is 19.1. The van der Waals surface area contributed by atoms with Gasteiger partial charge in [0.15, 0.2) is 0 Å². The number of benzene rings is 1. The van der Waals surface area contributed by atoms with Crippen LogP contribution in [-0.4, -0.2) is 27.2 Å². The summed E-state index contributed by atoms with van der Waals surface area (Å²) in [7, 11) is 0. The molecule has 7 heteroatoms. The number of nitrogens with zero attached hydrogens (tertiary/aromatic N) is 2. The monoisotopic (exact) mass is 292 g/mol. The zero-order chi connectivity index (χ0) is 15.2. The van der Waals surface area contributed by atoms with Crippen molar-refractivity contribution in [2.45, 2.75) is 19.4 Å². The predicted octanol–water partition coefficient (Wildman–Crippen LogP) is 2.19. The third kappa shape index (κ3) is 3.95. The second-order valence-corrected chi connectivity index (χ2v) is 4.66. The van der Waals surface area contributed by atoms with E-state index in [9.17, 15) is 9.18 Å². The first-order chi connectivity index (χ1) is 10.1. The van der Waals surface area contributed by atoms with Crippen LogP contribution in [0.1, 0.15) is 23.2 Å². The Kier molecular flexibility index (Phi) is 4.76. The Labute approximate surface area is 121 Å². The number of imidazole rings is 1. The Bertz CT molecular complexity index is 614. The molecular formula is C14H17FN4O2. The molecular weight excluding hydrogens is 275 g/mol. The van der Waals surface area contributed by atoms with Crippen LogP contribution in [0.25, 0.3) is 0 Å². The molecule has 0 saturated carbocycles. The molecule has 2 rings (SSSR count). The molecule has 4 N–H and O–H groups in total. The van der Waals surface area contributed by atoms with Gasteiger partial charge in [0.25, 0.3) is 0 Å². The Hall–Kier alpha value is -2.57. The summed E-state index contributed by atoms with van der Waals surface area (Å²) in [5, 5.41) is 11.9. The number of carbonyl (C=O) groups is 1. The topological polar surface area (TPSA) is 93.2 Å². The van der Waals surface area contributed by atoms with E-state index in [2.05, 4.69) is 10.3 Å². The van der Waals surface area contributed by atoms with E-state index < -0.39 is 11.8 Å². The van der Waals surface area contributed by atoms with Gasteiger partial charge in [0.1, 0.15) is 5.82 Å².